The normalized spacial score (nSPS) is 13.5. The van der Waals surface area contributed by atoms with Crippen molar-refractivity contribution in [3.63, 3.8) is 0 Å². The molecule has 0 saturated heterocycles. The average molecular weight is 150 g/mol. The second-order valence-corrected chi connectivity index (χ2v) is 2.57. The molecule has 0 aliphatic heterocycles. The third-order valence-electron chi connectivity index (χ3n) is 1.54. The summed E-state index contributed by atoms with van der Waals surface area (Å²) in [6.45, 7) is 1.55. The Labute approximate surface area is 61.6 Å². The lowest BCUT2D eigenvalue weighted by atomic mass is 10.1. The SMILES string of the molecule is CCCCCC(F)CCF. The van der Waals surface area contributed by atoms with Crippen molar-refractivity contribution in [2.24, 2.45) is 0 Å². The quantitative estimate of drug-likeness (QED) is 0.510. The van der Waals surface area contributed by atoms with Gasteiger partial charge in [-0.15, -0.1) is 0 Å². The van der Waals surface area contributed by atoms with E-state index in [2.05, 4.69) is 6.92 Å². The van der Waals surface area contributed by atoms with E-state index in [1.54, 1.807) is 0 Å². The van der Waals surface area contributed by atoms with E-state index in [0.29, 0.717) is 6.42 Å². The highest BCUT2D eigenvalue weighted by atomic mass is 19.1. The fraction of sp³-hybridized carbons (Fsp3) is 1.00. The molecule has 2 heteroatoms. The van der Waals surface area contributed by atoms with Crippen LogP contribution >= 0.6 is 0 Å². The number of hydrogen-bond donors (Lipinski definition) is 0. The minimum Gasteiger partial charge on any atom is -0.251 e. The molecule has 0 heterocycles. The van der Waals surface area contributed by atoms with Crippen molar-refractivity contribution in [1.82, 2.24) is 0 Å². The summed E-state index contributed by atoms with van der Waals surface area (Å²) in [6.07, 6.45) is 2.78. The van der Waals surface area contributed by atoms with Crippen LogP contribution in [0, 0.1) is 0 Å². The van der Waals surface area contributed by atoms with Crippen molar-refractivity contribution < 1.29 is 8.78 Å². The van der Waals surface area contributed by atoms with Crippen molar-refractivity contribution in [2.45, 2.75) is 45.2 Å². The molecule has 0 saturated carbocycles. The Kier molecular flexibility index (Phi) is 6.88. The zero-order valence-corrected chi connectivity index (χ0v) is 6.58. The van der Waals surface area contributed by atoms with E-state index >= 15 is 0 Å². The van der Waals surface area contributed by atoms with E-state index in [0.717, 1.165) is 19.3 Å². The van der Waals surface area contributed by atoms with Crippen LogP contribution in [0.3, 0.4) is 0 Å². The van der Waals surface area contributed by atoms with Crippen molar-refractivity contribution in [2.75, 3.05) is 6.67 Å². The lowest BCUT2D eigenvalue weighted by Crippen LogP contribution is -2.00. The monoisotopic (exact) mass is 150 g/mol. The molecule has 1 unspecified atom stereocenters. The summed E-state index contributed by atoms with van der Waals surface area (Å²) in [5, 5.41) is 0. The second kappa shape index (κ2) is 6.97. The Hall–Kier alpha value is -0.140. The second-order valence-electron chi connectivity index (χ2n) is 2.57. The molecule has 0 bridgehead atoms. The first-order valence-electron chi connectivity index (χ1n) is 4.01. The maximum Gasteiger partial charge on any atom is 0.103 e. The van der Waals surface area contributed by atoms with Crippen molar-refractivity contribution >= 4 is 0 Å². The summed E-state index contributed by atoms with van der Waals surface area (Å²) in [5.74, 6) is 0. The molecule has 0 fully saturated rings. The molecule has 0 aromatic rings. The van der Waals surface area contributed by atoms with E-state index in [1.165, 1.54) is 0 Å². The first kappa shape index (κ1) is 9.86. The van der Waals surface area contributed by atoms with E-state index in [-0.39, 0.29) is 6.42 Å². The van der Waals surface area contributed by atoms with Crippen molar-refractivity contribution in [1.29, 1.82) is 0 Å². The van der Waals surface area contributed by atoms with Gasteiger partial charge in [0.1, 0.15) is 6.17 Å². The first-order valence-corrected chi connectivity index (χ1v) is 4.01. The standard InChI is InChI=1S/C8H16F2/c1-2-3-4-5-8(10)6-7-9/h8H,2-7H2,1H3. The Morgan fingerprint density at radius 3 is 2.40 bits per heavy atom. The molecule has 10 heavy (non-hydrogen) atoms. The van der Waals surface area contributed by atoms with Gasteiger partial charge in [-0.05, 0) is 6.42 Å². The van der Waals surface area contributed by atoms with Crippen LogP contribution < -0.4 is 0 Å². The Balaban J connectivity index is 2.97. The van der Waals surface area contributed by atoms with Gasteiger partial charge in [0.15, 0.2) is 0 Å². The van der Waals surface area contributed by atoms with Crippen molar-refractivity contribution in [3.05, 3.63) is 0 Å². The minimum atomic E-state index is -0.906. The van der Waals surface area contributed by atoms with Crippen LogP contribution in [-0.2, 0) is 0 Å². The molecular weight excluding hydrogens is 134 g/mol. The highest BCUT2D eigenvalue weighted by molar-refractivity contribution is 4.54. The molecule has 0 aromatic heterocycles. The van der Waals surface area contributed by atoms with Crippen LogP contribution in [-0.4, -0.2) is 12.8 Å². The van der Waals surface area contributed by atoms with Gasteiger partial charge in [-0.2, -0.15) is 0 Å². The fourth-order valence-corrected chi connectivity index (χ4v) is 0.879. The molecule has 0 amide bonds. The van der Waals surface area contributed by atoms with Gasteiger partial charge in [-0.25, -0.2) is 4.39 Å². The number of hydrogen-bond acceptors (Lipinski definition) is 0. The molecule has 0 radical (unpaired) electrons. The lowest BCUT2D eigenvalue weighted by Gasteiger charge is -2.03. The molecule has 0 spiro atoms. The zero-order chi connectivity index (χ0) is 7.82. The molecule has 0 N–H and O–H groups in total. The van der Waals surface area contributed by atoms with E-state index in [4.69, 9.17) is 0 Å². The summed E-state index contributed by atoms with van der Waals surface area (Å²) in [7, 11) is 0. The molecule has 0 aliphatic rings. The number of halogens is 2. The Morgan fingerprint density at radius 1 is 1.20 bits per heavy atom. The van der Waals surface area contributed by atoms with Crippen LogP contribution in [0.15, 0.2) is 0 Å². The third-order valence-corrected chi connectivity index (χ3v) is 1.54. The van der Waals surface area contributed by atoms with Gasteiger partial charge in [0.25, 0.3) is 0 Å². The summed E-state index contributed by atoms with van der Waals surface area (Å²) >= 11 is 0. The maximum atomic E-state index is 12.5. The maximum absolute atomic E-state index is 12.5. The van der Waals surface area contributed by atoms with Crippen LogP contribution in [0.2, 0.25) is 0 Å². The minimum absolute atomic E-state index is 0.0870. The summed E-state index contributed by atoms with van der Waals surface area (Å²) in [6, 6.07) is 0. The smallest absolute Gasteiger partial charge is 0.103 e. The summed E-state index contributed by atoms with van der Waals surface area (Å²) in [4.78, 5) is 0. The highest BCUT2D eigenvalue weighted by Gasteiger charge is 2.03. The van der Waals surface area contributed by atoms with Gasteiger partial charge in [0, 0.05) is 6.42 Å². The molecule has 1 atom stereocenters. The molecular formula is C8H16F2. The third kappa shape index (κ3) is 5.99. The Bertz CT molecular complexity index is 64.3. The first-order chi connectivity index (χ1) is 4.81. The van der Waals surface area contributed by atoms with Gasteiger partial charge in [-0.3, -0.25) is 4.39 Å². The van der Waals surface area contributed by atoms with Crippen LogP contribution in [0.5, 0.6) is 0 Å². The molecule has 0 aliphatic carbocycles. The topological polar surface area (TPSA) is 0 Å². The van der Waals surface area contributed by atoms with Crippen molar-refractivity contribution in [3.8, 4) is 0 Å². The van der Waals surface area contributed by atoms with Gasteiger partial charge in [0.05, 0.1) is 6.67 Å². The molecule has 0 aromatic carbocycles. The van der Waals surface area contributed by atoms with Crippen LogP contribution in [0.25, 0.3) is 0 Å². The predicted molar refractivity (Wildman–Crippen MR) is 39.6 cm³/mol. The van der Waals surface area contributed by atoms with E-state index in [9.17, 15) is 8.78 Å². The van der Waals surface area contributed by atoms with E-state index < -0.39 is 12.8 Å². The zero-order valence-electron chi connectivity index (χ0n) is 6.58. The van der Waals surface area contributed by atoms with Gasteiger partial charge < -0.3 is 0 Å². The highest BCUT2D eigenvalue weighted by Crippen LogP contribution is 2.09. The number of rotatable bonds is 6. The fourth-order valence-electron chi connectivity index (χ4n) is 0.879. The molecule has 0 rings (SSSR count). The number of unbranched alkanes of at least 4 members (excludes halogenated alkanes) is 2. The van der Waals surface area contributed by atoms with Gasteiger partial charge in [-0.1, -0.05) is 26.2 Å². The summed E-state index contributed by atoms with van der Waals surface area (Å²) < 4.78 is 24.0. The van der Waals surface area contributed by atoms with Crippen LogP contribution in [0.4, 0.5) is 8.78 Å². The predicted octanol–water partition coefficient (Wildman–Crippen LogP) is 3.26. The van der Waals surface area contributed by atoms with Crippen LogP contribution in [0.1, 0.15) is 39.0 Å². The molecule has 62 valence electrons. The average Bonchev–Trinajstić information content (AvgIpc) is 1.89. The largest absolute Gasteiger partial charge is 0.251 e. The van der Waals surface area contributed by atoms with Gasteiger partial charge in [0.2, 0.25) is 0 Å². The number of alkyl halides is 2. The Morgan fingerprint density at radius 2 is 1.90 bits per heavy atom. The summed E-state index contributed by atoms with van der Waals surface area (Å²) in [5.41, 5.74) is 0. The molecule has 0 nitrogen and oxygen atoms in total. The van der Waals surface area contributed by atoms with Gasteiger partial charge >= 0.3 is 0 Å². The van der Waals surface area contributed by atoms with E-state index in [1.807, 2.05) is 0 Å². The lowest BCUT2D eigenvalue weighted by molar-refractivity contribution is 0.263.